The number of carbonyl (C=O) groups is 1. The van der Waals surface area contributed by atoms with Gasteiger partial charge in [0, 0.05) is 10.6 Å². The minimum absolute atomic E-state index is 0.135. The molecule has 0 spiro atoms. The molecular formula is C18H15ClN2O3. The number of benzene rings is 2. The first-order valence-electron chi connectivity index (χ1n) is 7.27. The molecule has 24 heavy (non-hydrogen) atoms. The van der Waals surface area contributed by atoms with Crippen LogP contribution in [-0.2, 0) is 6.54 Å². The van der Waals surface area contributed by atoms with E-state index in [0.717, 1.165) is 16.9 Å². The molecule has 2 aromatic carbocycles. The van der Waals surface area contributed by atoms with E-state index in [2.05, 4.69) is 5.10 Å². The smallest absolute Gasteiger partial charge is 0.354 e. The zero-order valence-electron chi connectivity index (χ0n) is 12.9. The highest BCUT2D eigenvalue weighted by atomic mass is 35.5. The van der Waals surface area contributed by atoms with E-state index in [1.54, 1.807) is 25.3 Å². The van der Waals surface area contributed by atoms with Crippen LogP contribution in [0.1, 0.15) is 16.1 Å². The maximum Gasteiger partial charge on any atom is 0.354 e. The van der Waals surface area contributed by atoms with Crippen molar-refractivity contribution >= 4 is 17.6 Å². The van der Waals surface area contributed by atoms with Gasteiger partial charge in [-0.2, -0.15) is 5.10 Å². The third-order valence-corrected chi connectivity index (χ3v) is 3.88. The van der Waals surface area contributed by atoms with Gasteiger partial charge in [-0.15, -0.1) is 0 Å². The van der Waals surface area contributed by atoms with Gasteiger partial charge in [-0.3, -0.25) is 4.68 Å². The van der Waals surface area contributed by atoms with Crippen molar-refractivity contribution in [1.82, 2.24) is 9.78 Å². The molecule has 0 bridgehead atoms. The van der Waals surface area contributed by atoms with Gasteiger partial charge in [-0.25, -0.2) is 4.79 Å². The number of aromatic nitrogens is 2. The Kier molecular flexibility index (Phi) is 4.53. The largest absolute Gasteiger partial charge is 0.497 e. The molecule has 0 radical (unpaired) electrons. The van der Waals surface area contributed by atoms with E-state index in [9.17, 15) is 9.90 Å². The zero-order valence-corrected chi connectivity index (χ0v) is 13.7. The van der Waals surface area contributed by atoms with E-state index < -0.39 is 5.97 Å². The number of halogens is 1. The van der Waals surface area contributed by atoms with E-state index in [1.807, 2.05) is 36.4 Å². The summed E-state index contributed by atoms with van der Waals surface area (Å²) in [6.45, 7) is 0.360. The summed E-state index contributed by atoms with van der Waals surface area (Å²) in [6, 6.07) is 16.1. The number of rotatable bonds is 5. The molecule has 5 nitrogen and oxygen atoms in total. The Morgan fingerprint density at radius 1 is 1.17 bits per heavy atom. The Balaban J connectivity index is 1.93. The summed E-state index contributed by atoms with van der Waals surface area (Å²) in [7, 11) is 1.60. The monoisotopic (exact) mass is 342 g/mol. The number of ether oxygens (including phenoxy) is 1. The summed E-state index contributed by atoms with van der Waals surface area (Å²) in [5.74, 6) is -0.268. The molecule has 0 atom stereocenters. The van der Waals surface area contributed by atoms with Crippen LogP contribution >= 0.6 is 11.6 Å². The van der Waals surface area contributed by atoms with Crippen LogP contribution in [0.4, 0.5) is 0 Å². The van der Waals surface area contributed by atoms with Crippen molar-refractivity contribution in [3.8, 4) is 17.0 Å². The number of carboxylic acids is 1. The second-order valence-electron chi connectivity index (χ2n) is 5.23. The maximum atomic E-state index is 11.5. The number of aromatic carboxylic acids is 1. The van der Waals surface area contributed by atoms with Gasteiger partial charge in [0.1, 0.15) is 11.4 Å². The normalized spacial score (nSPS) is 10.6. The van der Waals surface area contributed by atoms with Gasteiger partial charge in [-0.05, 0) is 35.9 Å². The van der Waals surface area contributed by atoms with Crippen molar-refractivity contribution in [2.24, 2.45) is 0 Å². The molecule has 1 aromatic heterocycles. The second-order valence-corrected chi connectivity index (χ2v) is 5.67. The van der Waals surface area contributed by atoms with Gasteiger partial charge in [0.05, 0.1) is 19.3 Å². The van der Waals surface area contributed by atoms with Crippen LogP contribution in [0.3, 0.4) is 0 Å². The van der Waals surface area contributed by atoms with E-state index in [4.69, 9.17) is 16.3 Å². The quantitative estimate of drug-likeness (QED) is 0.762. The first kappa shape index (κ1) is 16.1. The Labute approximate surface area is 144 Å². The molecule has 0 saturated carbocycles. The first-order chi connectivity index (χ1) is 11.6. The molecule has 6 heteroatoms. The number of nitrogens with zero attached hydrogens (tertiary/aromatic N) is 2. The van der Waals surface area contributed by atoms with Crippen LogP contribution in [0.2, 0.25) is 5.02 Å². The highest BCUT2D eigenvalue weighted by Crippen LogP contribution is 2.22. The molecule has 0 aliphatic rings. The molecule has 0 aliphatic carbocycles. The van der Waals surface area contributed by atoms with Crippen molar-refractivity contribution < 1.29 is 14.6 Å². The average Bonchev–Trinajstić information content (AvgIpc) is 3.00. The van der Waals surface area contributed by atoms with Crippen molar-refractivity contribution in [2.45, 2.75) is 6.54 Å². The van der Waals surface area contributed by atoms with Gasteiger partial charge in [-0.1, -0.05) is 35.9 Å². The predicted molar refractivity (Wildman–Crippen MR) is 91.7 cm³/mol. The van der Waals surface area contributed by atoms with Crippen molar-refractivity contribution in [1.29, 1.82) is 0 Å². The summed E-state index contributed by atoms with van der Waals surface area (Å²) in [5.41, 5.74) is 2.48. The van der Waals surface area contributed by atoms with Crippen LogP contribution in [0.5, 0.6) is 5.75 Å². The molecule has 0 unspecified atom stereocenters. The standard InChI is InChI=1S/C18H15ClN2O3/c1-24-15-8-2-12(3-9-15)11-21-17(18(22)23)10-16(20-21)13-4-6-14(19)7-5-13/h2-10H,11H2,1H3,(H,22,23). The van der Waals surface area contributed by atoms with E-state index in [0.29, 0.717) is 17.3 Å². The van der Waals surface area contributed by atoms with Crippen molar-refractivity contribution in [3.05, 3.63) is 70.9 Å². The molecule has 1 N–H and O–H groups in total. The first-order valence-corrected chi connectivity index (χ1v) is 7.64. The third-order valence-electron chi connectivity index (χ3n) is 3.63. The minimum atomic E-state index is -1.02. The van der Waals surface area contributed by atoms with Gasteiger partial charge < -0.3 is 9.84 Å². The SMILES string of the molecule is COc1ccc(Cn2nc(-c3ccc(Cl)cc3)cc2C(=O)O)cc1. The fraction of sp³-hybridized carbons (Fsp3) is 0.111. The van der Waals surface area contributed by atoms with Crippen LogP contribution in [0, 0.1) is 0 Å². The van der Waals surface area contributed by atoms with E-state index in [-0.39, 0.29) is 5.69 Å². The molecule has 3 rings (SSSR count). The van der Waals surface area contributed by atoms with Crippen LogP contribution in [0.15, 0.2) is 54.6 Å². The van der Waals surface area contributed by atoms with Gasteiger partial charge >= 0.3 is 5.97 Å². The third kappa shape index (κ3) is 3.41. The average molecular weight is 343 g/mol. The van der Waals surface area contributed by atoms with Gasteiger partial charge in [0.2, 0.25) is 0 Å². The fourth-order valence-electron chi connectivity index (χ4n) is 2.38. The molecule has 3 aromatic rings. The summed E-state index contributed by atoms with van der Waals surface area (Å²) in [6.07, 6.45) is 0. The van der Waals surface area contributed by atoms with Crippen LogP contribution < -0.4 is 4.74 Å². The lowest BCUT2D eigenvalue weighted by Gasteiger charge is -2.06. The summed E-state index contributed by atoms with van der Waals surface area (Å²) < 4.78 is 6.61. The molecule has 0 amide bonds. The molecule has 122 valence electrons. The lowest BCUT2D eigenvalue weighted by Crippen LogP contribution is -2.10. The topological polar surface area (TPSA) is 64.4 Å². The summed E-state index contributed by atoms with van der Waals surface area (Å²) >= 11 is 5.89. The number of methoxy groups -OCH3 is 1. The zero-order chi connectivity index (χ0) is 17.1. The molecule has 0 fully saturated rings. The van der Waals surface area contributed by atoms with E-state index >= 15 is 0 Å². The minimum Gasteiger partial charge on any atom is -0.497 e. The highest BCUT2D eigenvalue weighted by Gasteiger charge is 2.15. The van der Waals surface area contributed by atoms with E-state index in [1.165, 1.54) is 4.68 Å². The molecule has 0 saturated heterocycles. The van der Waals surface area contributed by atoms with Crippen LogP contribution in [0.25, 0.3) is 11.3 Å². The number of carboxylic acid groups (broad SMARTS) is 1. The van der Waals surface area contributed by atoms with Crippen molar-refractivity contribution in [3.63, 3.8) is 0 Å². The number of hydrogen-bond donors (Lipinski definition) is 1. The van der Waals surface area contributed by atoms with Crippen LogP contribution in [-0.4, -0.2) is 28.0 Å². The molecule has 1 heterocycles. The van der Waals surface area contributed by atoms with Gasteiger partial charge in [0.25, 0.3) is 0 Å². The lowest BCUT2D eigenvalue weighted by molar-refractivity contribution is 0.0684. The highest BCUT2D eigenvalue weighted by molar-refractivity contribution is 6.30. The Hall–Kier alpha value is -2.79. The van der Waals surface area contributed by atoms with Gasteiger partial charge in [0.15, 0.2) is 0 Å². The second kappa shape index (κ2) is 6.76. The summed E-state index contributed by atoms with van der Waals surface area (Å²) in [4.78, 5) is 11.5. The fourth-order valence-corrected chi connectivity index (χ4v) is 2.50. The van der Waals surface area contributed by atoms with Crippen molar-refractivity contribution in [2.75, 3.05) is 7.11 Å². The predicted octanol–water partition coefficient (Wildman–Crippen LogP) is 3.96. The Morgan fingerprint density at radius 3 is 2.42 bits per heavy atom. The number of hydrogen-bond acceptors (Lipinski definition) is 3. The Bertz CT molecular complexity index is 855. The molecule has 0 aliphatic heterocycles. The lowest BCUT2D eigenvalue weighted by atomic mass is 10.1. The Morgan fingerprint density at radius 2 is 1.83 bits per heavy atom. The summed E-state index contributed by atoms with van der Waals surface area (Å²) in [5, 5.41) is 14.5. The maximum absolute atomic E-state index is 11.5. The molecular weight excluding hydrogens is 328 g/mol.